The Hall–Kier alpha value is -0.930. The van der Waals surface area contributed by atoms with Crippen molar-refractivity contribution in [2.75, 3.05) is 6.54 Å². The van der Waals surface area contributed by atoms with Crippen LogP contribution in [0.1, 0.15) is 38.1 Å². The minimum absolute atomic E-state index is 0.828. The average molecular weight is 262 g/mol. The lowest BCUT2D eigenvalue weighted by Crippen LogP contribution is -2.14. The van der Waals surface area contributed by atoms with Gasteiger partial charge in [-0.3, -0.25) is 0 Å². The summed E-state index contributed by atoms with van der Waals surface area (Å²) in [6, 6.07) is 8.34. The van der Waals surface area contributed by atoms with E-state index in [1.54, 1.807) is 11.3 Å². The van der Waals surface area contributed by atoms with E-state index in [1.807, 2.05) is 6.07 Å². The number of nitrogens with zero attached hydrogens (tertiary/aromatic N) is 1. The van der Waals surface area contributed by atoms with Crippen LogP contribution in [-0.4, -0.2) is 11.5 Å². The Morgan fingerprint density at radius 1 is 1.22 bits per heavy atom. The highest BCUT2D eigenvalue weighted by Crippen LogP contribution is 2.21. The normalized spacial score (nSPS) is 11.5. The van der Waals surface area contributed by atoms with Crippen molar-refractivity contribution in [3.8, 4) is 0 Å². The fraction of sp³-hybridized carbons (Fsp3) is 0.533. The molecule has 0 saturated carbocycles. The number of fused-ring (bicyclic) bond motifs is 1. The smallest absolute Gasteiger partial charge is 0.108 e. The molecule has 3 heteroatoms. The molecule has 0 aliphatic carbocycles. The second kappa shape index (κ2) is 6.86. The molecule has 2 nitrogen and oxygen atoms in total. The van der Waals surface area contributed by atoms with E-state index in [0.29, 0.717) is 0 Å². The summed E-state index contributed by atoms with van der Waals surface area (Å²) in [7, 11) is 0. The molecule has 1 heterocycles. The monoisotopic (exact) mass is 262 g/mol. The zero-order valence-corrected chi connectivity index (χ0v) is 12.1. The van der Waals surface area contributed by atoms with Gasteiger partial charge in [-0.2, -0.15) is 0 Å². The molecular weight excluding hydrogens is 240 g/mol. The number of rotatable bonds is 7. The maximum Gasteiger partial charge on any atom is 0.108 e. The van der Waals surface area contributed by atoms with Gasteiger partial charge >= 0.3 is 0 Å². The summed E-state index contributed by atoms with van der Waals surface area (Å²) in [5.74, 6) is 0.828. The van der Waals surface area contributed by atoms with E-state index in [9.17, 15) is 0 Å². The Morgan fingerprint density at radius 3 is 2.83 bits per heavy atom. The van der Waals surface area contributed by atoms with Crippen molar-refractivity contribution in [2.45, 2.75) is 39.7 Å². The lowest BCUT2D eigenvalue weighted by molar-refractivity contribution is 0.520. The third-order valence-electron chi connectivity index (χ3n) is 3.00. The molecule has 0 aliphatic heterocycles. The minimum Gasteiger partial charge on any atom is -0.310 e. The van der Waals surface area contributed by atoms with Gasteiger partial charge in [0.15, 0.2) is 0 Å². The Balaban J connectivity index is 1.70. The van der Waals surface area contributed by atoms with E-state index < -0.39 is 0 Å². The van der Waals surface area contributed by atoms with Crippen LogP contribution in [0.2, 0.25) is 0 Å². The lowest BCUT2D eigenvalue weighted by Gasteiger charge is -2.04. The number of benzene rings is 1. The fourth-order valence-corrected chi connectivity index (χ4v) is 2.93. The Labute approximate surface area is 113 Å². The molecule has 0 amide bonds. The van der Waals surface area contributed by atoms with Crippen LogP contribution in [0.3, 0.4) is 0 Å². The zero-order valence-electron chi connectivity index (χ0n) is 11.3. The Kier molecular flexibility index (Phi) is 5.14. The van der Waals surface area contributed by atoms with Gasteiger partial charge in [-0.05, 0) is 31.0 Å². The summed E-state index contributed by atoms with van der Waals surface area (Å²) in [6.07, 6.45) is 3.93. The number of nitrogens with one attached hydrogen (secondary N) is 1. The molecule has 0 saturated heterocycles. The summed E-state index contributed by atoms with van der Waals surface area (Å²) >= 11 is 1.79. The van der Waals surface area contributed by atoms with E-state index in [0.717, 1.165) is 24.5 Å². The van der Waals surface area contributed by atoms with Gasteiger partial charge in [-0.25, -0.2) is 4.98 Å². The van der Waals surface area contributed by atoms with Crippen molar-refractivity contribution >= 4 is 21.6 Å². The molecule has 1 N–H and O–H groups in total. The topological polar surface area (TPSA) is 24.9 Å². The molecule has 2 aromatic rings. The number of aromatic nitrogens is 1. The third kappa shape index (κ3) is 4.07. The van der Waals surface area contributed by atoms with Gasteiger partial charge in [0.1, 0.15) is 5.01 Å². The molecule has 0 atom stereocenters. The van der Waals surface area contributed by atoms with Crippen LogP contribution in [0.4, 0.5) is 0 Å². The van der Waals surface area contributed by atoms with Gasteiger partial charge in [0.25, 0.3) is 0 Å². The molecule has 0 unspecified atom stereocenters. The first-order valence-electron chi connectivity index (χ1n) is 6.81. The van der Waals surface area contributed by atoms with Crippen LogP contribution in [0.25, 0.3) is 10.2 Å². The Bertz CT molecular complexity index is 443. The SMILES string of the molecule is CC(C)CCCCNCc1nc2ccccc2s1. The number of hydrogen-bond donors (Lipinski definition) is 1. The van der Waals surface area contributed by atoms with Crippen LogP contribution >= 0.6 is 11.3 Å². The second-order valence-corrected chi connectivity index (χ2v) is 6.26. The molecule has 0 radical (unpaired) electrons. The molecule has 1 aromatic carbocycles. The molecule has 98 valence electrons. The molecule has 18 heavy (non-hydrogen) atoms. The molecule has 1 aromatic heterocycles. The van der Waals surface area contributed by atoms with Gasteiger partial charge in [0, 0.05) is 6.54 Å². The molecule has 0 bridgehead atoms. The molecule has 0 aliphatic rings. The van der Waals surface area contributed by atoms with Crippen LogP contribution < -0.4 is 5.32 Å². The average Bonchev–Trinajstić information content (AvgIpc) is 2.75. The maximum atomic E-state index is 4.61. The summed E-state index contributed by atoms with van der Waals surface area (Å²) in [5, 5.41) is 4.68. The van der Waals surface area contributed by atoms with Gasteiger partial charge in [-0.1, -0.05) is 38.8 Å². The number of para-hydroxylation sites is 1. The van der Waals surface area contributed by atoms with Gasteiger partial charge < -0.3 is 5.32 Å². The summed E-state index contributed by atoms with van der Waals surface area (Å²) in [5.41, 5.74) is 1.12. The van der Waals surface area contributed by atoms with Crippen molar-refractivity contribution < 1.29 is 0 Å². The number of unbranched alkanes of at least 4 members (excludes halogenated alkanes) is 1. The van der Waals surface area contributed by atoms with Crippen molar-refractivity contribution in [3.05, 3.63) is 29.3 Å². The summed E-state index contributed by atoms with van der Waals surface area (Å²) in [6.45, 7) is 6.58. The van der Waals surface area contributed by atoms with E-state index in [2.05, 4.69) is 42.3 Å². The highest BCUT2D eigenvalue weighted by Gasteiger charge is 2.02. The number of hydrogen-bond acceptors (Lipinski definition) is 3. The van der Waals surface area contributed by atoms with Crippen LogP contribution in [-0.2, 0) is 6.54 Å². The summed E-state index contributed by atoms with van der Waals surface area (Å²) < 4.78 is 1.29. The quantitative estimate of drug-likeness (QED) is 0.756. The molecule has 2 rings (SSSR count). The highest BCUT2D eigenvalue weighted by atomic mass is 32.1. The van der Waals surface area contributed by atoms with Crippen molar-refractivity contribution in [3.63, 3.8) is 0 Å². The largest absolute Gasteiger partial charge is 0.310 e. The van der Waals surface area contributed by atoms with Gasteiger partial charge in [-0.15, -0.1) is 11.3 Å². The van der Waals surface area contributed by atoms with Crippen LogP contribution in [0.5, 0.6) is 0 Å². The Morgan fingerprint density at radius 2 is 2.06 bits per heavy atom. The predicted octanol–water partition coefficient (Wildman–Crippen LogP) is 4.21. The summed E-state index contributed by atoms with van der Waals surface area (Å²) in [4.78, 5) is 4.61. The molecule has 0 spiro atoms. The predicted molar refractivity (Wildman–Crippen MR) is 80.0 cm³/mol. The third-order valence-corrected chi connectivity index (χ3v) is 4.04. The van der Waals surface area contributed by atoms with E-state index in [4.69, 9.17) is 0 Å². The van der Waals surface area contributed by atoms with E-state index in [-0.39, 0.29) is 0 Å². The minimum atomic E-state index is 0.828. The second-order valence-electron chi connectivity index (χ2n) is 5.14. The first-order chi connectivity index (χ1) is 8.75. The van der Waals surface area contributed by atoms with Crippen LogP contribution in [0, 0.1) is 5.92 Å². The molecule has 0 fully saturated rings. The fourth-order valence-electron chi connectivity index (χ4n) is 1.99. The molecular formula is C15H22N2S. The van der Waals surface area contributed by atoms with Crippen LogP contribution in [0.15, 0.2) is 24.3 Å². The van der Waals surface area contributed by atoms with E-state index >= 15 is 0 Å². The van der Waals surface area contributed by atoms with Crippen molar-refractivity contribution in [1.29, 1.82) is 0 Å². The lowest BCUT2D eigenvalue weighted by atomic mass is 10.1. The first kappa shape index (κ1) is 13.5. The first-order valence-corrected chi connectivity index (χ1v) is 7.62. The zero-order chi connectivity index (χ0) is 12.8. The highest BCUT2D eigenvalue weighted by molar-refractivity contribution is 7.18. The standard InChI is InChI=1S/C15H22N2S/c1-12(2)7-5-6-10-16-11-15-17-13-8-3-4-9-14(13)18-15/h3-4,8-9,12,16H,5-7,10-11H2,1-2H3. The number of thiazole rings is 1. The maximum absolute atomic E-state index is 4.61. The van der Waals surface area contributed by atoms with Crippen molar-refractivity contribution in [1.82, 2.24) is 10.3 Å². The van der Waals surface area contributed by atoms with Crippen molar-refractivity contribution in [2.24, 2.45) is 5.92 Å². The van der Waals surface area contributed by atoms with Gasteiger partial charge in [0.2, 0.25) is 0 Å². The van der Waals surface area contributed by atoms with Gasteiger partial charge in [0.05, 0.1) is 10.2 Å². The van der Waals surface area contributed by atoms with E-state index in [1.165, 1.54) is 29.0 Å².